The van der Waals surface area contributed by atoms with Gasteiger partial charge in [-0.3, -0.25) is 4.79 Å². The number of sulfonamides is 1. The van der Waals surface area contributed by atoms with Crippen molar-refractivity contribution in [3.05, 3.63) is 53.6 Å². The molecule has 2 unspecified atom stereocenters. The second kappa shape index (κ2) is 11.8. The number of ether oxygens (including phenoxy) is 3. The number of methoxy groups -OCH3 is 1. The van der Waals surface area contributed by atoms with Gasteiger partial charge in [-0.05, 0) is 60.9 Å². The summed E-state index contributed by atoms with van der Waals surface area (Å²) in [6.07, 6.45) is 2.20. The van der Waals surface area contributed by atoms with Gasteiger partial charge in [-0.15, -0.1) is 0 Å². The van der Waals surface area contributed by atoms with Crippen LogP contribution in [-0.2, 0) is 30.7 Å². The zero-order chi connectivity index (χ0) is 28.3. The van der Waals surface area contributed by atoms with Crippen molar-refractivity contribution in [2.24, 2.45) is 0 Å². The predicted molar refractivity (Wildman–Crippen MR) is 144 cm³/mol. The zero-order valence-electron chi connectivity index (χ0n) is 22.1. The number of nitrogens with zero attached hydrogens (tertiary/aromatic N) is 2. The molecular formula is C27H32N4O8S. The van der Waals surface area contributed by atoms with Crippen LogP contribution in [0.2, 0.25) is 0 Å². The number of rotatable bonds is 7. The smallest absolute Gasteiger partial charge is 0.337 e. The molecule has 0 saturated carbocycles. The number of carbonyl (C=O) groups is 3. The SMILES string of the molecule is COC(=O)c1ccc(NC(=O)N2CCN(S(=O)(=O)c3ccc4c(c3)CCO4)C(C(=O)NCC3CCCO3)C2)cc1. The summed E-state index contributed by atoms with van der Waals surface area (Å²) in [5.74, 6) is -0.336. The van der Waals surface area contributed by atoms with Gasteiger partial charge >= 0.3 is 12.0 Å². The zero-order valence-corrected chi connectivity index (χ0v) is 22.9. The average molecular weight is 573 g/mol. The van der Waals surface area contributed by atoms with Crippen molar-refractivity contribution >= 4 is 33.6 Å². The summed E-state index contributed by atoms with van der Waals surface area (Å²) >= 11 is 0. The van der Waals surface area contributed by atoms with Crippen LogP contribution in [0.4, 0.5) is 10.5 Å². The van der Waals surface area contributed by atoms with Gasteiger partial charge in [0, 0.05) is 44.9 Å². The Morgan fingerprint density at radius 2 is 1.88 bits per heavy atom. The largest absolute Gasteiger partial charge is 0.493 e. The van der Waals surface area contributed by atoms with E-state index in [2.05, 4.69) is 15.4 Å². The monoisotopic (exact) mass is 572 g/mol. The Hall–Kier alpha value is -3.68. The number of hydrogen-bond donors (Lipinski definition) is 2. The Morgan fingerprint density at radius 1 is 1.07 bits per heavy atom. The van der Waals surface area contributed by atoms with Gasteiger partial charge in [-0.2, -0.15) is 4.31 Å². The average Bonchev–Trinajstić information content (AvgIpc) is 3.67. The van der Waals surface area contributed by atoms with E-state index < -0.39 is 34.0 Å². The minimum Gasteiger partial charge on any atom is -0.493 e. The number of urea groups is 1. The Morgan fingerprint density at radius 3 is 2.60 bits per heavy atom. The number of esters is 1. The molecule has 0 aliphatic carbocycles. The first-order chi connectivity index (χ1) is 19.3. The summed E-state index contributed by atoms with van der Waals surface area (Å²) in [7, 11) is -2.77. The summed E-state index contributed by atoms with van der Waals surface area (Å²) < 4.78 is 44.5. The molecule has 12 nitrogen and oxygen atoms in total. The number of hydrogen-bond acceptors (Lipinski definition) is 8. The Bertz CT molecular complexity index is 1380. The third-order valence-corrected chi connectivity index (χ3v) is 9.18. The number of benzene rings is 2. The van der Waals surface area contributed by atoms with Gasteiger partial charge in [0.1, 0.15) is 11.8 Å². The number of fused-ring (bicyclic) bond motifs is 1. The van der Waals surface area contributed by atoms with Crippen LogP contribution in [0.5, 0.6) is 5.75 Å². The molecule has 214 valence electrons. The fraction of sp³-hybridized carbons (Fsp3) is 0.444. The molecule has 0 radical (unpaired) electrons. The number of piperazine rings is 1. The molecule has 13 heteroatoms. The molecule has 3 aliphatic rings. The highest BCUT2D eigenvalue weighted by Crippen LogP contribution is 2.30. The van der Waals surface area contributed by atoms with E-state index in [4.69, 9.17) is 9.47 Å². The lowest BCUT2D eigenvalue weighted by Gasteiger charge is -2.39. The van der Waals surface area contributed by atoms with Crippen molar-refractivity contribution in [1.82, 2.24) is 14.5 Å². The molecule has 2 fully saturated rings. The summed E-state index contributed by atoms with van der Waals surface area (Å²) in [6.45, 7) is 1.25. The molecule has 3 amide bonds. The van der Waals surface area contributed by atoms with E-state index in [0.29, 0.717) is 36.6 Å². The molecule has 0 bridgehead atoms. The van der Waals surface area contributed by atoms with Gasteiger partial charge in [0.25, 0.3) is 0 Å². The van der Waals surface area contributed by atoms with Crippen LogP contribution < -0.4 is 15.4 Å². The minimum atomic E-state index is -4.06. The number of nitrogens with one attached hydrogen (secondary N) is 2. The number of amides is 3. The summed E-state index contributed by atoms with van der Waals surface area (Å²) in [6, 6.07) is 9.25. The lowest BCUT2D eigenvalue weighted by molar-refractivity contribution is -0.126. The lowest BCUT2D eigenvalue weighted by atomic mass is 10.2. The standard InChI is InChI=1S/C27H32N4O8S/c1-37-26(33)18-4-6-20(7-5-18)29-27(34)30-11-12-31(23(17-30)25(32)28-16-21-3-2-13-38-21)40(35,36)22-8-9-24-19(15-22)10-14-39-24/h4-9,15,21,23H,2-3,10-14,16-17H2,1H3,(H,28,32)(H,29,34). The Labute approximate surface area is 232 Å². The molecule has 3 aliphatic heterocycles. The van der Waals surface area contributed by atoms with Crippen LogP contribution in [0.25, 0.3) is 0 Å². The third-order valence-electron chi connectivity index (χ3n) is 7.27. The normalized spacial score (nSPS) is 20.9. The van der Waals surface area contributed by atoms with E-state index in [1.807, 2.05) is 0 Å². The van der Waals surface area contributed by atoms with Crippen molar-refractivity contribution in [3.63, 3.8) is 0 Å². The van der Waals surface area contributed by atoms with Gasteiger partial charge in [0.05, 0.1) is 30.3 Å². The van der Waals surface area contributed by atoms with Crippen LogP contribution >= 0.6 is 0 Å². The van der Waals surface area contributed by atoms with Crippen LogP contribution in [0.3, 0.4) is 0 Å². The molecule has 2 saturated heterocycles. The van der Waals surface area contributed by atoms with Crippen molar-refractivity contribution in [2.45, 2.75) is 36.3 Å². The fourth-order valence-electron chi connectivity index (χ4n) is 5.06. The predicted octanol–water partition coefficient (Wildman–Crippen LogP) is 1.61. The first kappa shape index (κ1) is 27.9. The van der Waals surface area contributed by atoms with Gasteiger partial charge in [-0.25, -0.2) is 18.0 Å². The second-order valence-corrected chi connectivity index (χ2v) is 11.7. The van der Waals surface area contributed by atoms with Gasteiger partial charge < -0.3 is 29.7 Å². The van der Waals surface area contributed by atoms with E-state index in [1.165, 1.54) is 34.5 Å². The van der Waals surface area contributed by atoms with Gasteiger partial charge in [0.2, 0.25) is 15.9 Å². The molecule has 2 N–H and O–H groups in total. The van der Waals surface area contributed by atoms with E-state index >= 15 is 0 Å². The highest BCUT2D eigenvalue weighted by atomic mass is 32.2. The first-order valence-corrected chi connectivity index (χ1v) is 14.6. The van der Waals surface area contributed by atoms with E-state index in [-0.39, 0.29) is 37.2 Å². The number of carbonyl (C=O) groups excluding carboxylic acids is 3. The van der Waals surface area contributed by atoms with Gasteiger partial charge in [-0.1, -0.05) is 0 Å². The highest BCUT2D eigenvalue weighted by molar-refractivity contribution is 7.89. The van der Waals surface area contributed by atoms with Crippen molar-refractivity contribution in [3.8, 4) is 5.75 Å². The van der Waals surface area contributed by atoms with Crippen molar-refractivity contribution in [1.29, 1.82) is 0 Å². The molecule has 2 aromatic carbocycles. The maximum absolute atomic E-state index is 13.8. The second-order valence-electron chi connectivity index (χ2n) is 9.82. The maximum atomic E-state index is 13.8. The lowest BCUT2D eigenvalue weighted by Crippen LogP contribution is -2.62. The highest BCUT2D eigenvalue weighted by Gasteiger charge is 2.42. The Kier molecular flexibility index (Phi) is 8.24. The van der Waals surface area contributed by atoms with Gasteiger partial charge in [0.15, 0.2) is 0 Å². The van der Waals surface area contributed by atoms with Crippen LogP contribution in [0.15, 0.2) is 47.4 Å². The van der Waals surface area contributed by atoms with E-state index in [0.717, 1.165) is 18.4 Å². The molecule has 40 heavy (non-hydrogen) atoms. The molecular weight excluding hydrogens is 540 g/mol. The summed E-state index contributed by atoms with van der Waals surface area (Å²) in [5, 5.41) is 5.58. The Balaban J connectivity index is 1.33. The van der Waals surface area contributed by atoms with Crippen molar-refractivity contribution in [2.75, 3.05) is 51.8 Å². The van der Waals surface area contributed by atoms with Crippen LogP contribution in [-0.4, -0.2) is 94.2 Å². The fourth-order valence-corrected chi connectivity index (χ4v) is 6.68. The maximum Gasteiger partial charge on any atom is 0.337 e. The minimum absolute atomic E-state index is 0.0668. The molecule has 5 rings (SSSR count). The topological polar surface area (TPSA) is 144 Å². The summed E-state index contributed by atoms with van der Waals surface area (Å²) in [5.41, 5.74) is 1.57. The van der Waals surface area contributed by atoms with Crippen LogP contribution in [0, 0.1) is 0 Å². The molecule has 2 aromatic rings. The van der Waals surface area contributed by atoms with Crippen LogP contribution in [0.1, 0.15) is 28.8 Å². The number of anilines is 1. The summed E-state index contributed by atoms with van der Waals surface area (Å²) in [4.78, 5) is 39.7. The molecule has 2 atom stereocenters. The van der Waals surface area contributed by atoms with E-state index in [9.17, 15) is 22.8 Å². The molecule has 0 spiro atoms. The first-order valence-electron chi connectivity index (χ1n) is 13.2. The van der Waals surface area contributed by atoms with Crippen molar-refractivity contribution < 1.29 is 37.0 Å². The van der Waals surface area contributed by atoms with E-state index in [1.54, 1.807) is 24.3 Å². The third kappa shape index (κ3) is 5.91. The molecule has 0 aromatic heterocycles. The molecule has 3 heterocycles. The quantitative estimate of drug-likeness (QED) is 0.477.